The van der Waals surface area contributed by atoms with Gasteiger partial charge in [0, 0.05) is 18.6 Å². The van der Waals surface area contributed by atoms with Gasteiger partial charge in [-0.25, -0.2) is 13.1 Å². The van der Waals surface area contributed by atoms with Gasteiger partial charge in [0.1, 0.15) is 0 Å². The third kappa shape index (κ3) is 4.27. The lowest BCUT2D eigenvalue weighted by molar-refractivity contribution is -0.139. The zero-order valence-electron chi connectivity index (χ0n) is 14.8. The van der Waals surface area contributed by atoms with Crippen LogP contribution in [-0.4, -0.2) is 49.6 Å². The van der Waals surface area contributed by atoms with Gasteiger partial charge in [0.25, 0.3) is 0 Å². The summed E-state index contributed by atoms with van der Waals surface area (Å²) in [5.74, 6) is 0.416. The largest absolute Gasteiger partial charge is 0.480 e. The number of aliphatic carboxylic acids is 1. The van der Waals surface area contributed by atoms with Crippen LogP contribution in [0, 0.1) is 5.92 Å². The lowest BCUT2D eigenvalue weighted by atomic mass is 9.86. The van der Waals surface area contributed by atoms with Gasteiger partial charge in [-0.2, -0.15) is 0 Å². The van der Waals surface area contributed by atoms with Crippen molar-refractivity contribution in [3.63, 3.8) is 0 Å². The van der Waals surface area contributed by atoms with Crippen LogP contribution in [0.15, 0.2) is 29.2 Å². The molecule has 6 nitrogen and oxygen atoms in total. The summed E-state index contributed by atoms with van der Waals surface area (Å²) in [7, 11) is -3.51. The number of nitrogens with one attached hydrogen (secondary N) is 1. The number of benzene rings is 1. The SMILES string of the molecule is O=C(O)CN(CC1CC1)C1CC(NS(=O)(=O)c2ccc(C3CC3)cc2)C1. The summed E-state index contributed by atoms with van der Waals surface area (Å²) >= 11 is 0. The summed E-state index contributed by atoms with van der Waals surface area (Å²) < 4.78 is 27.9. The molecule has 142 valence electrons. The van der Waals surface area contributed by atoms with Crippen LogP contribution >= 0.6 is 0 Å². The number of sulfonamides is 1. The minimum atomic E-state index is -3.51. The second kappa shape index (κ2) is 6.94. The Morgan fingerprint density at radius 3 is 2.31 bits per heavy atom. The van der Waals surface area contributed by atoms with Crippen molar-refractivity contribution in [1.29, 1.82) is 0 Å². The average molecular weight is 378 g/mol. The third-order valence-electron chi connectivity index (χ3n) is 5.72. The first-order valence-electron chi connectivity index (χ1n) is 9.49. The summed E-state index contributed by atoms with van der Waals surface area (Å²) in [5.41, 5.74) is 1.22. The van der Waals surface area contributed by atoms with E-state index in [-0.39, 0.29) is 18.6 Å². The Morgan fingerprint density at radius 2 is 1.77 bits per heavy atom. The molecule has 0 unspecified atom stereocenters. The van der Waals surface area contributed by atoms with Gasteiger partial charge in [0.2, 0.25) is 10.0 Å². The molecule has 0 radical (unpaired) electrons. The van der Waals surface area contributed by atoms with Gasteiger partial charge in [-0.1, -0.05) is 12.1 Å². The molecule has 0 spiro atoms. The van der Waals surface area contributed by atoms with Crippen molar-refractivity contribution in [2.75, 3.05) is 13.1 Å². The Morgan fingerprint density at radius 1 is 1.12 bits per heavy atom. The van der Waals surface area contributed by atoms with Crippen molar-refractivity contribution in [2.24, 2.45) is 5.92 Å². The Balaban J connectivity index is 1.32. The molecule has 0 aromatic heterocycles. The van der Waals surface area contributed by atoms with Gasteiger partial charge in [-0.3, -0.25) is 9.69 Å². The molecule has 4 rings (SSSR count). The highest BCUT2D eigenvalue weighted by Gasteiger charge is 2.38. The number of carbonyl (C=O) groups is 1. The number of hydrogen-bond acceptors (Lipinski definition) is 4. The highest BCUT2D eigenvalue weighted by atomic mass is 32.2. The lowest BCUT2D eigenvalue weighted by Crippen LogP contribution is -2.55. The van der Waals surface area contributed by atoms with Crippen molar-refractivity contribution in [1.82, 2.24) is 9.62 Å². The van der Waals surface area contributed by atoms with Gasteiger partial charge in [0.05, 0.1) is 11.4 Å². The van der Waals surface area contributed by atoms with Crippen LogP contribution in [0.1, 0.15) is 50.0 Å². The molecule has 2 N–H and O–H groups in total. The van der Waals surface area contributed by atoms with E-state index in [2.05, 4.69) is 4.72 Å². The summed E-state index contributed by atoms with van der Waals surface area (Å²) in [6, 6.07) is 7.27. The summed E-state index contributed by atoms with van der Waals surface area (Å²) in [5, 5.41) is 9.10. The molecular formula is C19H26N2O4S. The smallest absolute Gasteiger partial charge is 0.317 e. The zero-order valence-corrected chi connectivity index (χ0v) is 15.6. The standard InChI is InChI=1S/C19H26N2O4S/c22-19(23)12-21(11-13-1-2-13)17-9-16(10-17)20-26(24,25)18-7-5-15(6-8-18)14-3-4-14/h5-8,13-14,16-17,20H,1-4,9-12H2,(H,22,23). The summed E-state index contributed by atoms with van der Waals surface area (Å²) in [6.45, 7) is 0.863. The Hall–Kier alpha value is -1.44. The molecule has 3 aliphatic carbocycles. The van der Waals surface area contributed by atoms with Crippen molar-refractivity contribution in [3.05, 3.63) is 29.8 Å². The lowest BCUT2D eigenvalue weighted by Gasteiger charge is -2.42. The molecule has 3 fully saturated rings. The maximum absolute atomic E-state index is 12.6. The normalized spacial score (nSPS) is 25.9. The van der Waals surface area contributed by atoms with Gasteiger partial charge < -0.3 is 5.11 Å². The molecule has 3 saturated carbocycles. The Kier molecular flexibility index (Phi) is 4.79. The number of nitrogens with zero attached hydrogens (tertiary/aromatic N) is 1. The van der Waals surface area contributed by atoms with E-state index in [9.17, 15) is 13.2 Å². The second-order valence-corrected chi connectivity index (χ2v) is 9.77. The monoisotopic (exact) mass is 378 g/mol. The van der Waals surface area contributed by atoms with Crippen molar-refractivity contribution in [2.45, 2.75) is 61.4 Å². The highest BCUT2D eigenvalue weighted by molar-refractivity contribution is 7.89. The molecule has 1 aromatic rings. The Labute approximate surface area is 154 Å². The summed E-state index contributed by atoms with van der Waals surface area (Å²) in [4.78, 5) is 13.4. The van der Waals surface area contributed by atoms with E-state index in [0.717, 1.165) is 6.54 Å². The number of carboxylic acid groups (broad SMARTS) is 1. The molecule has 3 aliphatic rings. The number of rotatable bonds is 9. The minimum Gasteiger partial charge on any atom is -0.480 e. The van der Waals surface area contributed by atoms with Gasteiger partial charge in [-0.05, 0) is 68.1 Å². The zero-order chi connectivity index (χ0) is 18.3. The van der Waals surface area contributed by atoms with Crippen LogP contribution in [0.25, 0.3) is 0 Å². The van der Waals surface area contributed by atoms with E-state index >= 15 is 0 Å². The second-order valence-electron chi connectivity index (χ2n) is 8.05. The molecular weight excluding hydrogens is 352 g/mol. The van der Waals surface area contributed by atoms with E-state index in [4.69, 9.17) is 5.11 Å². The van der Waals surface area contributed by atoms with Crippen LogP contribution in [0.3, 0.4) is 0 Å². The third-order valence-corrected chi connectivity index (χ3v) is 7.25. The summed E-state index contributed by atoms with van der Waals surface area (Å²) in [6.07, 6.45) is 6.10. The van der Waals surface area contributed by atoms with E-state index in [1.807, 2.05) is 17.0 Å². The number of hydrogen-bond donors (Lipinski definition) is 2. The quantitative estimate of drug-likeness (QED) is 0.688. The number of carboxylic acids is 1. The van der Waals surface area contributed by atoms with Crippen LogP contribution in [0.2, 0.25) is 0 Å². The molecule has 0 saturated heterocycles. The van der Waals surface area contributed by atoms with E-state index < -0.39 is 16.0 Å². The van der Waals surface area contributed by atoms with Crippen LogP contribution < -0.4 is 4.72 Å². The van der Waals surface area contributed by atoms with Crippen molar-refractivity contribution >= 4 is 16.0 Å². The average Bonchev–Trinajstić information content (AvgIpc) is 3.43. The molecule has 0 bridgehead atoms. The first kappa shape index (κ1) is 17.9. The van der Waals surface area contributed by atoms with Crippen molar-refractivity contribution in [3.8, 4) is 0 Å². The Bertz CT molecular complexity index is 763. The predicted octanol–water partition coefficient (Wildman–Crippen LogP) is 2.17. The molecule has 0 amide bonds. The topological polar surface area (TPSA) is 86.7 Å². The molecule has 7 heteroatoms. The first-order chi connectivity index (χ1) is 12.4. The fourth-order valence-corrected chi connectivity index (χ4v) is 5.02. The minimum absolute atomic E-state index is 0.0449. The van der Waals surface area contributed by atoms with Gasteiger partial charge in [-0.15, -0.1) is 0 Å². The predicted molar refractivity (Wildman–Crippen MR) is 97.5 cm³/mol. The fraction of sp³-hybridized carbons (Fsp3) is 0.632. The fourth-order valence-electron chi connectivity index (χ4n) is 3.75. The molecule has 26 heavy (non-hydrogen) atoms. The molecule has 1 aromatic carbocycles. The molecule has 0 atom stereocenters. The maximum Gasteiger partial charge on any atom is 0.317 e. The molecule has 0 aliphatic heterocycles. The van der Waals surface area contributed by atoms with Crippen LogP contribution in [0.4, 0.5) is 0 Å². The van der Waals surface area contributed by atoms with Gasteiger partial charge in [0.15, 0.2) is 0 Å². The van der Waals surface area contributed by atoms with Gasteiger partial charge >= 0.3 is 5.97 Å². The highest BCUT2D eigenvalue weighted by Crippen LogP contribution is 2.40. The van der Waals surface area contributed by atoms with Crippen LogP contribution in [0.5, 0.6) is 0 Å². The maximum atomic E-state index is 12.6. The first-order valence-corrected chi connectivity index (χ1v) is 11.0. The van der Waals surface area contributed by atoms with Crippen molar-refractivity contribution < 1.29 is 18.3 Å². The van der Waals surface area contributed by atoms with E-state index in [1.54, 1.807) is 12.1 Å². The van der Waals surface area contributed by atoms with E-state index in [1.165, 1.54) is 31.2 Å². The molecule has 0 heterocycles. The van der Waals surface area contributed by atoms with E-state index in [0.29, 0.717) is 29.6 Å². The van der Waals surface area contributed by atoms with Crippen LogP contribution in [-0.2, 0) is 14.8 Å².